The minimum atomic E-state index is -0.0886. The summed E-state index contributed by atoms with van der Waals surface area (Å²) in [6.07, 6.45) is 3.20. The van der Waals surface area contributed by atoms with E-state index < -0.39 is 0 Å². The molecule has 2 aliphatic rings. The van der Waals surface area contributed by atoms with Crippen molar-refractivity contribution in [2.75, 3.05) is 33.4 Å². The monoisotopic (exact) mass is 243 g/mol. The van der Waals surface area contributed by atoms with Crippen LogP contribution < -0.4 is 5.73 Å². The Kier molecular flexibility index (Phi) is 3.86. The molecule has 2 unspecified atom stereocenters. The van der Waals surface area contributed by atoms with Gasteiger partial charge in [-0.05, 0) is 12.8 Å². The molecule has 2 rings (SSSR count). The van der Waals surface area contributed by atoms with Gasteiger partial charge >= 0.3 is 0 Å². The van der Waals surface area contributed by atoms with Crippen molar-refractivity contribution in [1.29, 1.82) is 0 Å². The molecule has 0 aromatic carbocycles. The van der Waals surface area contributed by atoms with E-state index in [1.165, 1.54) is 0 Å². The number of oxime groups is 1. The Bertz CT molecular complexity index is 298. The minimum Gasteiger partial charge on any atom is -0.409 e. The van der Waals surface area contributed by atoms with Gasteiger partial charge in [0.2, 0.25) is 0 Å². The number of rotatable bonds is 3. The maximum atomic E-state index is 8.56. The second-order valence-corrected chi connectivity index (χ2v) is 4.93. The van der Waals surface area contributed by atoms with Crippen molar-refractivity contribution in [2.24, 2.45) is 10.9 Å². The molecule has 2 fully saturated rings. The fourth-order valence-corrected chi connectivity index (χ4v) is 2.79. The van der Waals surface area contributed by atoms with Crippen LogP contribution in [0.5, 0.6) is 0 Å². The molecule has 0 aromatic heterocycles. The van der Waals surface area contributed by atoms with Gasteiger partial charge in [-0.2, -0.15) is 0 Å². The topological polar surface area (TPSA) is 80.3 Å². The van der Waals surface area contributed by atoms with E-state index in [1.54, 1.807) is 7.11 Å². The quantitative estimate of drug-likeness (QED) is 0.316. The lowest BCUT2D eigenvalue weighted by Crippen LogP contribution is -2.45. The summed E-state index contributed by atoms with van der Waals surface area (Å²) >= 11 is 0. The van der Waals surface area contributed by atoms with Crippen LogP contribution in [0.3, 0.4) is 0 Å². The predicted molar refractivity (Wildman–Crippen MR) is 63.2 cm³/mol. The van der Waals surface area contributed by atoms with Crippen LogP contribution in [0.15, 0.2) is 5.16 Å². The molecule has 1 spiro atoms. The van der Waals surface area contributed by atoms with Gasteiger partial charge in [-0.25, -0.2) is 0 Å². The van der Waals surface area contributed by atoms with Crippen molar-refractivity contribution in [3.8, 4) is 0 Å². The van der Waals surface area contributed by atoms with Gasteiger partial charge < -0.3 is 20.4 Å². The van der Waals surface area contributed by atoms with Crippen LogP contribution in [0.1, 0.15) is 19.3 Å². The Morgan fingerprint density at radius 1 is 1.71 bits per heavy atom. The van der Waals surface area contributed by atoms with Gasteiger partial charge in [0.15, 0.2) is 5.84 Å². The lowest BCUT2D eigenvalue weighted by Gasteiger charge is -2.37. The number of nitrogens with zero attached hydrogens (tertiary/aromatic N) is 2. The van der Waals surface area contributed by atoms with E-state index in [0.29, 0.717) is 12.6 Å². The molecule has 3 N–H and O–H groups in total. The minimum absolute atomic E-state index is 0.0886. The van der Waals surface area contributed by atoms with Crippen LogP contribution >= 0.6 is 0 Å². The average Bonchev–Trinajstić information content (AvgIpc) is 2.71. The maximum Gasteiger partial charge on any atom is 0.153 e. The second-order valence-electron chi connectivity index (χ2n) is 4.93. The van der Waals surface area contributed by atoms with Gasteiger partial charge in [0, 0.05) is 33.2 Å². The molecule has 2 saturated heterocycles. The van der Waals surface area contributed by atoms with E-state index in [9.17, 15) is 0 Å². The van der Waals surface area contributed by atoms with Gasteiger partial charge in [-0.1, -0.05) is 5.16 Å². The van der Waals surface area contributed by atoms with Gasteiger partial charge in [-0.15, -0.1) is 0 Å². The number of methoxy groups -OCH3 is 1. The fourth-order valence-electron chi connectivity index (χ4n) is 2.79. The molecule has 17 heavy (non-hydrogen) atoms. The number of nitrogens with two attached hydrogens (primary N) is 1. The molecule has 2 aliphatic heterocycles. The van der Waals surface area contributed by atoms with Crippen LogP contribution in [0.4, 0.5) is 0 Å². The van der Waals surface area contributed by atoms with E-state index in [1.807, 2.05) is 0 Å². The molecule has 2 atom stereocenters. The molecule has 0 aromatic rings. The van der Waals surface area contributed by atoms with Gasteiger partial charge in [0.05, 0.1) is 18.2 Å². The summed E-state index contributed by atoms with van der Waals surface area (Å²) < 4.78 is 11.4. The highest BCUT2D eigenvalue weighted by molar-refractivity contribution is 5.81. The van der Waals surface area contributed by atoms with Crippen molar-refractivity contribution in [3.63, 3.8) is 0 Å². The number of likely N-dealkylation sites (tertiary alicyclic amines) is 1. The van der Waals surface area contributed by atoms with E-state index in [0.717, 1.165) is 39.0 Å². The predicted octanol–water partition coefficient (Wildman–Crippen LogP) is 0.00270. The molecule has 98 valence electrons. The molecule has 0 amide bonds. The summed E-state index contributed by atoms with van der Waals surface area (Å²) in [7, 11) is 1.76. The standard InChI is InChI=1S/C11H21N3O3/c1-16-9-2-5-17-11(6-9)3-4-14(8-11)7-10(12)13-15/h9,15H,2-8H2,1H3,(H2,12,13). The van der Waals surface area contributed by atoms with Crippen molar-refractivity contribution in [3.05, 3.63) is 0 Å². The van der Waals surface area contributed by atoms with Gasteiger partial charge in [-0.3, -0.25) is 4.90 Å². The van der Waals surface area contributed by atoms with Crippen LogP contribution in [-0.2, 0) is 9.47 Å². The van der Waals surface area contributed by atoms with Crippen LogP contribution in [0.2, 0.25) is 0 Å². The zero-order valence-electron chi connectivity index (χ0n) is 10.3. The van der Waals surface area contributed by atoms with Crippen LogP contribution in [0.25, 0.3) is 0 Å². The normalized spacial score (nSPS) is 35.6. The smallest absolute Gasteiger partial charge is 0.153 e. The lowest BCUT2D eigenvalue weighted by molar-refractivity contribution is -0.119. The largest absolute Gasteiger partial charge is 0.409 e. The third kappa shape index (κ3) is 2.88. The molecular weight excluding hydrogens is 222 g/mol. The van der Waals surface area contributed by atoms with E-state index in [2.05, 4.69) is 10.1 Å². The third-order valence-electron chi connectivity index (χ3n) is 3.69. The summed E-state index contributed by atoms with van der Waals surface area (Å²) in [6, 6.07) is 0. The van der Waals surface area contributed by atoms with E-state index >= 15 is 0 Å². The Balaban J connectivity index is 1.91. The molecule has 6 heteroatoms. The first-order valence-electron chi connectivity index (χ1n) is 6.03. The second kappa shape index (κ2) is 5.20. The summed E-state index contributed by atoms with van der Waals surface area (Å²) in [5.74, 6) is 0.251. The molecule has 0 radical (unpaired) electrons. The Labute approximate surface area is 101 Å². The number of hydrogen-bond acceptors (Lipinski definition) is 5. The average molecular weight is 243 g/mol. The summed E-state index contributed by atoms with van der Waals surface area (Å²) in [5, 5.41) is 11.6. The molecule has 0 aliphatic carbocycles. The van der Waals surface area contributed by atoms with Crippen molar-refractivity contribution in [1.82, 2.24) is 4.90 Å². The highest BCUT2D eigenvalue weighted by atomic mass is 16.5. The molecular formula is C11H21N3O3. The first-order valence-corrected chi connectivity index (χ1v) is 6.03. The van der Waals surface area contributed by atoms with Crippen LogP contribution in [0, 0.1) is 0 Å². The molecule has 0 bridgehead atoms. The maximum absolute atomic E-state index is 8.56. The highest BCUT2D eigenvalue weighted by Crippen LogP contribution is 2.34. The van der Waals surface area contributed by atoms with Gasteiger partial charge in [0.25, 0.3) is 0 Å². The first kappa shape index (κ1) is 12.6. The molecule has 2 heterocycles. The van der Waals surface area contributed by atoms with Gasteiger partial charge in [0.1, 0.15) is 0 Å². The molecule has 0 saturated carbocycles. The number of amidine groups is 1. The SMILES string of the molecule is COC1CCOC2(CCN(C/C(N)=N/O)C2)C1. The van der Waals surface area contributed by atoms with E-state index in [4.69, 9.17) is 20.4 Å². The lowest BCUT2D eigenvalue weighted by atomic mass is 9.91. The van der Waals surface area contributed by atoms with Crippen molar-refractivity contribution < 1.29 is 14.7 Å². The number of hydrogen-bond donors (Lipinski definition) is 2. The summed E-state index contributed by atoms with van der Waals surface area (Å²) in [5.41, 5.74) is 5.43. The fraction of sp³-hybridized carbons (Fsp3) is 0.909. The van der Waals surface area contributed by atoms with Crippen LogP contribution in [-0.4, -0.2) is 61.0 Å². The van der Waals surface area contributed by atoms with E-state index in [-0.39, 0.29) is 11.4 Å². The van der Waals surface area contributed by atoms with Crippen molar-refractivity contribution >= 4 is 5.84 Å². The zero-order chi connectivity index (χ0) is 12.3. The summed E-state index contributed by atoms with van der Waals surface area (Å²) in [6.45, 7) is 3.02. The van der Waals surface area contributed by atoms with Crippen molar-refractivity contribution in [2.45, 2.75) is 31.0 Å². The zero-order valence-corrected chi connectivity index (χ0v) is 10.3. The molecule has 6 nitrogen and oxygen atoms in total. The Morgan fingerprint density at radius 3 is 3.24 bits per heavy atom. The first-order chi connectivity index (χ1) is 8.17. The number of ether oxygens (including phenoxy) is 2. The third-order valence-corrected chi connectivity index (χ3v) is 3.69. The Morgan fingerprint density at radius 2 is 2.53 bits per heavy atom. The Hall–Kier alpha value is -0.850. The highest BCUT2D eigenvalue weighted by Gasteiger charge is 2.43. The summed E-state index contributed by atoms with van der Waals surface area (Å²) in [4.78, 5) is 2.16.